The Kier molecular flexibility index (Phi) is 3.48. The Morgan fingerprint density at radius 3 is 2.63 bits per heavy atom. The molecule has 100 valence electrons. The van der Waals surface area contributed by atoms with Crippen molar-refractivity contribution in [1.29, 1.82) is 0 Å². The second-order valence-corrected chi connectivity index (χ2v) is 3.90. The van der Waals surface area contributed by atoms with E-state index in [0.717, 1.165) is 0 Å². The summed E-state index contributed by atoms with van der Waals surface area (Å²) >= 11 is 0. The highest BCUT2D eigenvalue weighted by Gasteiger charge is 2.17. The van der Waals surface area contributed by atoms with Crippen molar-refractivity contribution in [2.45, 2.75) is 6.42 Å². The van der Waals surface area contributed by atoms with Crippen LogP contribution in [0.2, 0.25) is 0 Å². The summed E-state index contributed by atoms with van der Waals surface area (Å²) in [6, 6.07) is 2.79. The molecule has 0 unspecified atom stereocenters. The number of fused-ring (bicyclic) bond motifs is 1. The molecular formula is C12H12N2O5. The van der Waals surface area contributed by atoms with Crippen LogP contribution < -0.4 is 0 Å². The topological polar surface area (TPSA) is 101 Å². The van der Waals surface area contributed by atoms with Crippen molar-refractivity contribution in [1.82, 2.24) is 9.38 Å². The zero-order chi connectivity index (χ0) is 14.0. The van der Waals surface area contributed by atoms with Crippen LogP contribution in [0.3, 0.4) is 0 Å². The Morgan fingerprint density at radius 2 is 2.05 bits per heavy atom. The third-order valence-electron chi connectivity index (χ3n) is 2.69. The summed E-state index contributed by atoms with van der Waals surface area (Å²) < 4.78 is 6.40. The van der Waals surface area contributed by atoms with Gasteiger partial charge in [0, 0.05) is 19.7 Å². The molecule has 2 rings (SSSR count). The number of nitrogens with zero attached hydrogens (tertiary/aromatic N) is 2. The lowest BCUT2D eigenvalue weighted by Crippen LogP contribution is -2.03. The first-order valence-corrected chi connectivity index (χ1v) is 5.51. The van der Waals surface area contributed by atoms with Gasteiger partial charge in [0.25, 0.3) is 0 Å². The van der Waals surface area contributed by atoms with Gasteiger partial charge in [-0.1, -0.05) is 0 Å². The molecule has 0 aliphatic carbocycles. The molecular weight excluding hydrogens is 252 g/mol. The van der Waals surface area contributed by atoms with Crippen molar-refractivity contribution in [2.75, 3.05) is 13.7 Å². The van der Waals surface area contributed by atoms with Crippen LogP contribution >= 0.6 is 0 Å². The van der Waals surface area contributed by atoms with Crippen LogP contribution in [0, 0.1) is 0 Å². The van der Waals surface area contributed by atoms with Crippen LogP contribution in [0.4, 0.5) is 0 Å². The summed E-state index contributed by atoms with van der Waals surface area (Å²) in [4.78, 5) is 26.1. The molecule has 7 nitrogen and oxygen atoms in total. The van der Waals surface area contributed by atoms with Gasteiger partial charge in [-0.25, -0.2) is 14.6 Å². The summed E-state index contributed by atoms with van der Waals surface area (Å²) in [6.45, 7) is 0.371. The van der Waals surface area contributed by atoms with Gasteiger partial charge in [0.2, 0.25) is 0 Å². The zero-order valence-electron chi connectivity index (χ0n) is 10.2. The molecule has 0 aliphatic rings. The SMILES string of the molecule is COCCc1nc(C(=O)O)c2ccc(C(=O)O)cn12. The smallest absolute Gasteiger partial charge is 0.356 e. The quantitative estimate of drug-likeness (QED) is 0.832. The van der Waals surface area contributed by atoms with E-state index in [-0.39, 0.29) is 11.3 Å². The number of hydrogen-bond donors (Lipinski definition) is 2. The number of hydrogen-bond acceptors (Lipinski definition) is 4. The number of carbonyl (C=O) groups is 2. The molecule has 2 aromatic heterocycles. The number of ether oxygens (including phenoxy) is 1. The highest BCUT2D eigenvalue weighted by molar-refractivity contribution is 5.94. The van der Waals surface area contributed by atoms with Crippen LogP contribution in [0.5, 0.6) is 0 Å². The van der Waals surface area contributed by atoms with E-state index < -0.39 is 11.9 Å². The molecule has 0 amide bonds. The first-order chi connectivity index (χ1) is 9.04. The number of aromatic carboxylic acids is 2. The van der Waals surface area contributed by atoms with Gasteiger partial charge in [-0.3, -0.25) is 0 Å². The molecule has 7 heteroatoms. The van der Waals surface area contributed by atoms with Crippen molar-refractivity contribution in [3.63, 3.8) is 0 Å². The minimum Gasteiger partial charge on any atom is -0.478 e. The molecule has 0 spiro atoms. The largest absolute Gasteiger partial charge is 0.478 e. The number of carboxylic acid groups (broad SMARTS) is 2. The molecule has 2 heterocycles. The van der Waals surface area contributed by atoms with Crippen LogP contribution in [0.1, 0.15) is 26.7 Å². The maximum absolute atomic E-state index is 11.1. The van der Waals surface area contributed by atoms with E-state index in [0.29, 0.717) is 24.4 Å². The highest BCUT2D eigenvalue weighted by Crippen LogP contribution is 2.15. The molecule has 0 saturated heterocycles. The van der Waals surface area contributed by atoms with E-state index in [9.17, 15) is 9.59 Å². The van der Waals surface area contributed by atoms with Gasteiger partial charge in [-0.2, -0.15) is 0 Å². The van der Waals surface area contributed by atoms with Crippen molar-refractivity contribution in [3.05, 3.63) is 35.4 Å². The van der Waals surface area contributed by atoms with Gasteiger partial charge in [-0.15, -0.1) is 0 Å². The fourth-order valence-corrected chi connectivity index (χ4v) is 1.80. The number of aromatic nitrogens is 2. The van der Waals surface area contributed by atoms with E-state index in [1.54, 1.807) is 0 Å². The summed E-state index contributed by atoms with van der Waals surface area (Å²) in [5, 5.41) is 18.0. The Labute approximate surface area is 108 Å². The van der Waals surface area contributed by atoms with E-state index >= 15 is 0 Å². The Bertz CT molecular complexity index is 647. The average Bonchev–Trinajstić information content (AvgIpc) is 2.74. The van der Waals surface area contributed by atoms with Crippen molar-refractivity contribution in [3.8, 4) is 0 Å². The first-order valence-electron chi connectivity index (χ1n) is 5.51. The number of rotatable bonds is 5. The summed E-state index contributed by atoms with van der Waals surface area (Å²) in [5.74, 6) is -1.77. The van der Waals surface area contributed by atoms with E-state index in [2.05, 4.69) is 4.98 Å². The average molecular weight is 264 g/mol. The number of imidazole rings is 1. The monoisotopic (exact) mass is 264 g/mol. The lowest BCUT2D eigenvalue weighted by Gasteiger charge is -2.02. The van der Waals surface area contributed by atoms with Crippen molar-refractivity contribution < 1.29 is 24.5 Å². The lowest BCUT2D eigenvalue weighted by molar-refractivity contribution is 0.0684. The van der Waals surface area contributed by atoms with E-state index in [1.807, 2.05) is 0 Å². The second-order valence-electron chi connectivity index (χ2n) is 3.90. The molecule has 0 radical (unpaired) electrons. The van der Waals surface area contributed by atoms with Gasteiger partial charge in [-0.05, 0) is 12.1 Å². The Hall–Kier alpha value is -2.41. The molecule has 2 aromatic rings. The van der Waals surface area contributed by atoms with E-state index in [1.165, 1.54) is 29.8 Å². The molecule has 2 N–H and O–H groups in total. The molecule has 0 aliphatic heterocycles. The number of carboxylic acids is 2. The predicted molar refractivity (Wildman–Crippen MR) is 64.7 cm³/mol. The molecule has 19 heavy (non-hydrogen) atoms. The minimum atomic E-state index is -1.15. The van der Waals surface area contributed by atoms with Crippen LogP contribution in [-0.2, 0) is 11.2 Å². The normalized spacial score (nSPS) is 10.8. The van der Waals surface area contributed by atoms with Crippen molar-refractivity contribution in [2.24, 2.45) is 0 Å². The van der Waals surface area contributed by atoms with E-state index in [4.69, 9.17) is 14.9 Å². The van der Waals surface area contributed by atoms with Crippen LogP contribution in [0.15, 0.2) is 18.3 Å². The molecule has 0 atom stereocenters. The summed E-state index contributed by atoms with van der Waals surface area (Å²) in [5.41, 5.74) is 0.340. The highest BCUT2D eigenvalue weighted by atomic mass is 16.5. The lowest BCUT2D eigenvalue weighted by atomic mass is 10.2. The summed E-state index contributed by atoms with van der Waals surface area (Å²) in [7, 11) is 1.52. The molecule has 0 aromatic carbocycles. The fourth-order valence-electron chi connectivity index (χ4n) is 1.80. The molecule has 0 fully saturated rings. The van der Waals surface area contributed by atoms with Gasteiger partial charge in [0.1, 0.15) is 5.82 Å². The van der Waals surface area contributed by atoms with Gasteiger partial charge in [0.05, 0.1) is 17.7 Å². The zero-order valence-corrected chi connectivity index (χ0v) is 10.2. The Morgan fingerprint density at radius 1 is 1.32 bits per heavy atom. The van der Waals surface area contributed by atoms with Crippen LogP contribution in [-0.4, -0.2) is 45.3 Å². The standard InChI is InChI=1S/C12H12N2O5/c1-19-5-4-9-13-10(12(17)18)8-3-2-7(11(15)16)6-14(8)9/h2-3,6H,4-5H2,1H3,(H,15,16)(H,17,18). The first kappa shape index (κ1) is 13.0. The number of methoxy groups -OCH3 is 1. The Balaban J connectivity index is 2.61. The maximum atomic E-state index is 11.1. The third kappa shape index (κ3) is 2.41. The van der Waals surface area contributed by atoms with Crippen molar-refractivity contribution >= 4 is 17.5 Å². The number of pyridine rings is 1. The second kappa shape index (κ2) is 5.07. The van der Waals surface area contributed by atoms with Gasteiger partial charge in [0.15, 0.2) is 5.69 Å². The third-order valence-corrected chi connectivity index (χ3v) is 2.69. The minimum absolute atomic E-state index is 0.0699. The van der Waals surface area contributed by atoms with Crippen LogP contribution in [0.25, 0.3) is 5.52 Å². The molecule has 0 saturated carbocycles. The molecule has 0 bridgehead atoms. The van der Waals surface area contributed by atoms with Gasteiger partial charge >= 0.3 is 11.9 Å². The fraction of sp³-hybridized carbons (Fsp3) is 0.250. The maximum Gasteiger partial charge on any atom is 0.356 e. The predicted octanol–water partition coefficient (Wildman–Crippen LogP) is 0.920. The summed E-state index contributed by atoms with van der Waals surface area (Å²) in [6.07, 6.45) is 1.76. The van der Waals surface area contributed by atoms with Gasteiger partial charge < -0.3 is 19.4 Å².